The second-order valence-corrected chi connectivity index (χ2v) is 9.10. The van der Waals surface area contributed by atoms with Crippen LogP contribution in [0.1, 0.15) is 46.5 Å². The molecule has 0 radical (unpaired) electrons. The van der Waals surface area contributed by atoms with E-state index in [1.165, 1.54) is 0 Å². The van der Waals surface area contributed by atoms with Crippen LogP contribution in [0.2, 0.25) is 5.15 Å². The highest BCUT2D eigenvalue weighted by Crippen LogP contribution is 2.26. The molecule has 0 bridgehead atoms. The number of piperidine rings is 1. The number of anilines is 1. The van der Waals surface area contributed by atoms with Gasteiger partial charge in [0.25, 0.3) is 0 Å². The summed E-state index contributed by atoms with van der Waals surface area (Å²) in [7, 11) is 0. The van der Waals surface area contributed by atoms with Crippen molar-refractivity contribution in [3.05, 3.63) is 17.3 Å². The molecule has 9 heteroatoms. The summed E-state index contributed by atoms with van der Waals surface area (Å²) in [5.41, 5.74) is -0.536. The maximum Gasteiger partial charge on any atom is 0.407 e. The molecule has 2 amide bonds. The molecule has 2 fully saturated rings. The van der Waals surface area contributed by atoms with E-state index >= 15 is 0 Å². The first-order valence-electron chi connectivity index (χ1n) is 10.2. The Bertz CT molecular complexity index is 722. The molecule has 2 aliphatic heterocycles. The third-order valence-electron chi connectivity index (χ3n) is 5.25. The van der Waals surface area contributed by atoms with Crippen LogP contribution < -0.4 is 10.2 Å². The summed E-state index contributed by atoms with van der Waals surface area (Å²) in [6.07, 6.45) is 3.18. The average Bonchev–Trinajstić information content (AvgIpc) is 3.14. The summed E-state index contributed by atoms with van der Waals surface area (Å²) in [4.78, 5) is 29.2. The molecular formula is C20H30ClN5O3. The molecule has 2 aliphatic rings. The third kappa shape index (κ3) is 5.95. The van der Waals surface area contributed by atoms with Gasteiger partial charge in [0, 0.05) is 32.2 Å². The summed E-state index contributed by atoms with van der Waals surface area (Å²) >= 11 is 5.83. The molecule has 8 nitrogen and oxygen atoms in total. The van der Waals surface area contributed by atoms with E-state index < -0.39 is 11.7 Å². The number of nitrogens with one attached hydrogen (secondary N) is 1. The van der Waals surface area contributed by atoms with Gasteiger partial charge in [0.05, 0.1) is 5.92 Å². The highest BCUT2D eigenvalue weighted by molar-refractivity contribution is 6.29. The fourth-order valence-corrected chi connectivity index (χ4v) is 4.05. The van der Waals surface area contributed by atoms with Gasteiger partial charge < -0.3 is 19.9 Å². The van der Waals surface area contributed by atoms with E-state index in [9.17, 15) is 9.59 Å². The highest BCUT2D eigenvalue weighted by Gasteiger charge is 2.35. The quantitative estimate of drug-likeness (QED) is 0.801. The number of hydrogen-bond acceptors (Lipinski definition) is 6. The van der Waals surface area contributed by atoms with Crippen molar-refractivity contribution in [2.75, 3.05) is 31.1 Å². The predicted molar refractivity (Wildman–Crippen MR) is 111 cm³/mol. The zero-order valence-corrected chi connectivity index (χ0v) is 18.1. The number of ether oxygens (including phenoxy) is 1. The number of nitrogens with zero attached hydrogens (tertiary/aromatic N) is 4. The minimum atomic E-state index is -0.536. The molecule has 160 valence electrons. The van der Waals surface area contributed by atoms with Crippen molar-refractivity contribution < 1.29 is 14.3 Å². The van der Waals surface area contributed by atoms with Crippen LogP contribution in [0.25, 0.3) is 0 Å². The van der Waals surface area contributed by atoms with Gasteiger partial charge in [-0.15, -0.1) is 10.2 Å². The molecular weight excluding hydrogens is 394 g/mol. The zero-order chi connectivity index (χ0) is 21.0. The van der Waals surface area contributed by atoms with Crippen LogP contribution in [0.4, 0.5) is 10.6 Å². The van der Waals surface area contributed by atoms with Gasteiger partial charge in [-0.1, -0.05) is 11.6 Å². The van der Waals surface area contributed by atoms with E-state index in [2.05, 4.69) is 20.4 Å². The van der Waals surface area contributed by atoms with Gasteiger partial charge in [0.2, 0.25) is 5.91 Å². The number of rotatable bonds is 4. The number of halogens is 1. The minimum absolute atomic E-state index is 0.0146. The topological polar surface area (TPSA) is 87.7 Å². The predicted octanol–water partition coefficient (Wildman–Crippen LogP) is 2.86. The van der Waals surface area contributed by atoms with Crippen LogP contribution in [-0.2, 0) is 9.53 Å². The van der Waals surface area contributed by atoms with E-state index in [1.807, 2.05) is 31.7 Å². The minimum Gasteiger partial charge on any atom is -0.444 e. The van der Waals surface area contributed by atoms with Crippen LogP contribution in [-0.4, -0.2) is 64.9 Å². The average molecular weight is 424 g/mol. The fourth-order valence-electron chi connectivity index (χ4n) is 3.95. The van der Waals surface area contributed by atoms with E-state index in [4.69, 9.17) is 16.3 Å². The molecule has 0 saturated carbocycles. The lowest BCUT2D eigenvalue weighted by molar-refractivity contribution is -0.136. The second-order valence-electron chi connectivity index (χ2n) is 8.71. The van der Waals surface area contributed by atoms with Gasteiger partial charge in [0.15, 0.2) is 11.0 Å². The van der Waals surface area contributed by atoms with E-state index in [1.54, 1.807) is 6.07 Å². The highest BCUT2D eigenvalue weighted by atomic mass is 35.5. The Labute approximate surface area is 176 Å². The van der Waals surface area contributed by atoms with E-state index in [0.717, 1.165) is 44.6 Å². The summed E-state index contributed by atoms with van der Waals surface area (Å²) in [5.74, 6) is 0.824. The van der Waals surface area contributed by atoms with E-state index in [-0.39, 0.29) is 17.9 Å². The molecule has 0 aromatic carbocycles. The molecule has 2 saturated heterocycles. The number of likely N-dealkylation sites (tertiary alicyclic amines) is 1. The lowest BCUT2D eigenvalue weighted by Gasteiger charge is -2.36. The van der Waals surface area contributed by atoms with Crippen molar-refractivity contribution in [2.24, 2.45) is 5.92 Å². The number of alkyl carbamates (subject to hydrolysis) is 1. The van der Waals surface area contributed by atoms with Crippen LogP contribution in [0.5, 0.6) is 0 Å². The Morgan fingerprint density at radius 2 is 1.97 bits per heavy atom. The molecule has 3 rings (SSSR count). The summed E-state index contributed by atoms with van der Waals surface area (Å²) in [6, 6.07) is 3.57. The van der Waals surface area contributed by atoms with Crippen LogP contribution in [0.15, 0.2) is 12.1 Å². The Hall–Kier alpha value is -2.09. The van der Waals surface area contributed by atoms with Crippen molar-refractivity contribution in [2.45, 2.75) is 58.1 Å². The van der Waals surface area contributed by atoms with Gasteiger partial charge in [-0.05, 0) is 58.6 Å². The molecule has 0 aliphatic carbocycles. The van der Waals surface area contributed by atoms with Crippen LogP contribution in [0.3, 0.4) is 0 Å². The van der Waals surface area contributed by atoms with Gasteiger partial charge in [-0.2, -0.15) is 0 Å². The Balaban J connectivity index is 1.56. The van der Waals surface area contributed by atoms with Gasteiger partial charge in [-0.3, -0.25) is 4.79 Å². The SMILES string of the molecule is CC(C)(C)OC(=O)NC[C@@H]1CCCN1C(=O)[C@H]1CCCN(c2ccc(Cl)nn2)C1. The monoisotopic (exact) mass is 423 g/mol. The lowest BCUT2D eigenvalue weighted by Crippen LogP contribution is -2.49. The maximum atomic E-state index is 13.2. The standard InChI is InChI=1S/C20H30ClN5O3/c1-20(2,3)29-19(28)22-12-15-7-5-11-26(15)18(27)14-6-4-10-25(13-14)17-9-8-16(21)23-24-17/h8-9,14-15H,4-7,10-13H2,1-3H3,(H,22,28)/t14-,15-/m0/s1. The summed E-state index contributed by atoms with van der Waals surface area (Å²) in [6.45, 7) is 8.12. The number of carbonyl (C=O) groups excluding carboxylic acids is 2. The third-order valence-corrected chi connectivity index (χ3v) is 5.46. The number of amides is 2. The molecule has 1 aromatic rings. The first-order chi connectivity index (χ1) is 13.7. The second kappa shape index (κ2) is 9.15. The maximum absolute atomic E-state index is 13.2. The Morgan fingerprint density at radius 1 is 1.21 bits per heavy atom. The molecule has 1 aromatic heterocycles. The van der Waals surface area contributed by atoms with Crippen molar-refractivity contribution in [1.82, 2.24) is 20.4 Å². The largest absolute Gasteiger partial charge is 0.444 e. The lowest BCUT2D eigenvalue weighted by atomic mass is 9.96. The molecule has 1 N–H and O–H groups in total. The van der Waals surface area contributed by atoms with Crippen molar-refractivity contribution in [1.29, 1.82) is 0 Å². The molecule has 29 heavy (non-hydrogen) atoms. The van der Waals surface area contributed by atoms with Crippen LogP contribution >= 0.6 is 11.6 Å². The normalized spacial score (nSPS) is 22.5. The molecule has 0 spiro atoms. The van der Waals surface area contributed by atoms with Crippen molar-refractivity contribution in [3.63, 3.8) is 0 Å². The van der Waals surface area contributed by atoms with Gasteiger partial charge >= 0.3 is 6.09 Å². The summed E-state index contributed by atoms with van der Waals surface area (Å²) in [5, 5.41) is 11.2. The van der Waals surface area contributed by atoms with E-state index in [0.29, 0.717) is 18.2 Å². The van der Waals surface area contributed by atoms with Crippen LogP contribution in [0, 0.1) is 5.92 Å². The fraction of sp³-hybridized carbons (Fsp3) is 0.700. The number of hydrogen-bond donors (Lipinski definition) is 1. The molecule has 2 atom stereocenters. The first kappa shape index (κ1) is 21.6. The Morgan fingerprint density at radius 3 is 2.66 bits per heavy atom. The van der Waals surface area contributed by atoms with Gasteiger partial charge in [-0.25, -0.2) is 4.79 Å². The smallest absolute Gasteiger partial charge is 0.407 e. The molecule has 0 unspecified atom stereocenters. The first-order valence-corrected chi connectivity index (χ1v) is 10.6. The van der Waals surface area contributed by atoms with Gasteiger partial charge in [0.1, 0.15) is 5.60 Å². The molecule has 3 heterocycles. The van der Waals surface area contributed by atoms with Crippen molar-refractivity contribution >= 4 is 29.4 Å². The summed E-state index contributed by atoms with van der Waals surface area (Å²) < 4.78 is 5.30. The zero-order valence-electron chi connectivity index (χ0n) is 17.4. The number of carbonyl (C=O) groups is 2. The number of aromatic nitrogens is 2. The van der Waals surface area contributed by atoms with Crippen molar-refractivity contribution in [3.8, 4) is 0 Å². The Kier molecular flexibility index (Phi) is 6.82.